The molecule has 80 valence electrons. The second kappa shape index (κ2) is 6.44. The maximum Gasteiger partial charge on any atom is 0.122 e. The Morgan fingerprint density at radius 3 is 2.14 bits per heavy atom. The first kappa shape index (κ1) is 13.0. The molecule has 0 amide bonds. The molecule has 1 rings (SSSR count). The van der Waals surface area contributed by atoms with Crippen molar-refractivity contribution >= 4 is 0 Å². The molecule has 0 spiro atoms. The molecule has 0 saturated heterocycles. The van der Waals surface area contributed by atoms with Gasteiger partial charge in [-0.15, -0.1) is 0 Å². The Labute approximate surface area is 86.5 Å². The van der Waals surface area contributed by atoms with Crippen LogP contribution in [0.1, 0.15) is 25.0 Å². The van der Waals surface area contributed by atoms with Crippen LogP contribution in [0.4, 0.5) is 0 Å². The van der Waals surface area contributed by atoms with Gasteiger partial charge < -0.3 is 9.84 Å². The monoisotopic (exact) mass is 196 g/mol. The van der Waals surface area contributed by atoms with Crippen LogP contribution in [0.5, 0.6) is 5.75 Å². The van der Waals surface area contributed by atoms with E-state index in [-0.39, 0.29) is 6.10 Å². The van der Waals surface area contributed by atoms with Crippen LogP contribution in [-0.2, 0) is 0 Å². The summed E-state index contributed by atoms with van der Waals surface area (Å²) in [5, 5.41) is 7.00. The van der Waals surface area contributed by atoms with E-state index in [1.807, 2.05) is 19.9 Å². The molecule has 0 fully saturated rings. The fraction of sp³-hybridized carbons (Fsp3) is 0.500. The van der Waals surface area contributed by atoms with Gasteiger partial charge in [0.2, 0.25) is 0 Å². The second-order valence-corrected chi connectivity index (χ2v) is 3.44. The minimum atomic E-state index is 0.256. The van der Waals surface area contributed by atoms with Gasteiger partial charge in [0.1, 0.15) is 5.75 Å². The smallest absolute Gasteiger partial charge is 0.122 e. The summed E-state index contributed by atoms with van der Waals surface area (Å²) in [6, 6.07) is 6.24. The van der Waals surface area contributed by atoms with E-state index in [4.69, 9.17) is 9.84 Å². The van der Waals surface area contributed by atoms with Gasteiger partial charge in [-0.3, -0.25) is 0 Å². The number of rotatable bonds is 2. The molecule has 1 aromatic carbocycles. The van der Waals surface area contributed by atoms with Gasteiger partial charge in [0.25, 0.3) is 0 Å². The first-order valence-corrected chi connectivity index (χ1v) is 4.78. The lowest BCUT2D eigenvalue weighted by Gasteiger charge is -2.12. The summed E-state index contributed by atoms with van der Waals surface area (Å²) < 4.78 is 5.60. The molecule has 2 nitrogen and oxygen atoms in total. The normalized spacial score (nSPS) is 9.36. The Morgan fingerprint density at radius 2 is 1.71 bits per heavy atom. The molecule has 0 aliphatic carbocycles. The van der Waals surface area contributed by atoms with Crippen LogP contribution in [0, 0.1) is 13.8 Å². The van der Waals surface area contributed by atoms with Crippen LogP contribution in [-0.4, -0.2) is 18.3 Å². The zero-order valence-electron chi connectivity index (χ0n) is 9.66. The molecule has 0 aliphatic heterocycles. The molecule has 0 aromatic heterocycles. The molecule has 0 heterocycles. The van der Waals surface area contributed by atoms with E-state index >= 15 is 0 Å². The summed E-state index contributed by atoms with van der Waals surface area (Å²) in [5.41, 5.74) is 2.49. The highest BCUT2D eigenvalue weighted by atomic mass is 16.5. The van der Waals surface area contributed by atoms with Crippen LogP contribution in [0.15, 0.2) is 18.2 Å². The molecular weight excluding hydrogens is 176 g/mol. The Morgan fingerprint density at radius 1 is 1.14 bits per heavy atom. The third kappa shape index (κ3) is 4.28. The Kier molecular flexibility index (Phi) is 5.97. The molecule has 0 aliphatic rings. The largest absolute Gasteiger partial charge is 0.491 e. The van der Waals surface area contributed by atoms with Gasteiger partial charge in [-0.2, -0.15) is 0 Å². The van der Waals surface area contributed by atoms with E-state index in [1.54, 1.807) is 0 Å². The maximum atomic E-state index is 7.00. The summed E-state index contributed by atoms with van der Waals surface area (Å²) in [5.74, 6) is 0.996. The molecule has 0 unspecified atom stereocenters. The van der Waals surface area contributed by atoms with Crippen LogP contribution >= 0.6 is 0 Å². The topological polar surface area (TPSA) is 29.5 Å². The fourth-order valence-electron chi connectivity index (χ4n) is 1.19. The Bertz CT molecular complexity index is 267. The molecule has 0 radical (unpaired) electrons. The van der Waals surface area contributed by atoms with Gasteiger partial charge in [0, 0.05) is 7.11 Å². The van der Waals surface area contributed by atoms with Crippen molar-refractivity contribution in [1.82, 2.24) is 0 Å². The van der Waals surface area contributed by atoms with Crippen LogP contribution in [0.2, 0.25) is 0 Å². The molecule has 0 bridgehead atoms. The van der Waals surface area contributed by atoms with E-state index < -0.39 is 0 Å². The predicted molar refractivity (Wildman–Crippen MR) is 59.8 cm³/mol. The van der Waals surface area contributed by atoms with Crippen molar-refractivity contribution < 1.29 is 9.84 Å². The summed E-state index contributed by atoms with van der Waals surface area (Å²) in [6.45, 7) is 8.25. The average Bonchev–Trinajstić information content (AvgIpc) is 2.13. The van der Waals surface area contributed by atoms with Crippen LogP contribution < -0.4 is 4.74 Å². The van der Waals surface area contributed by atoms with E-state index in [2.05, 4.69) is 26.0 Å². The van der Waals surface area contributed by atoms with Gasteiger partial charge in [-0.25, -0.2) is 0 Å². The fourth-order valence-corrected chi connectivity index (χ4v) is 1.19. The first-order chi connectivity index (χ1) is 6.59. The third-order valence-electron chi connectivity index (χ3n) is 1.69. The molecule has 14 heavy (non-hydrogen) atoms. The van der Waals surface area contributed by atoms with Gasteiger partial charge in [-0.1, -0.05) is 17.7 Å². The Balaban J connectivity index is 0.000000791. The van der Waals surface area contributed by atoms with Gasteiger partial charge in [0.05, 0.1) is 6.10 Å². The molecule has 0 saturated carbocycles. The molecule has 0 atom stereocenters. The number of aliphatic hydroxyl groups is 1. The standard InChI is InChI=1S/C11H16O.CH4O/c1-8(2)12-11-6-5-9(3)7-10(11)4;1-2/h5-8H,1-4H3;2H,1H3. The summed E-state index contributed by atoms with van der Waals surface area (Å²) >= 11 is 0. The quantitative estimate of drug-likeness (QED) is 0.788. The van der Waals surface area contributed by atoms with Gasteiger partial charge in [0.15, 0.2) is 0 Å². The zero-order valence-corrected chi connectivity index (χ0v) is 9.66. The number of benzene rings is 1. The van der Waals surface area contributed by atoms with Crippen molar-refractivity contribution in [2.75, 3.05) is 7.11 Å². The van der Waals surface area contributed by atoms with Crippen molar-refractivity contribution in [3.8, 4) is 5.75 Å². The summed E-state index contributed by atoms with van der Waals surface area (Å²) in [4.78, 5) is 0. The number of aliphatic hydroxyl groups excluding tert-OH is 1. The van der Waals surface area contributed by atoms with E-state index in [0.29, 0.717) is 0 Å². The number of aryl methyl sites for hydroxylation is 2. The molecule has 1 aromatic rings. The van der Waals surface area contributed by atoms with Crippen molar-refractivity contribution in [3.63, 3.8) is 0 Å². The number of hydrogen-bond donors (Lipinski definition) is 1. The molecule has 2 heteroatoms. The van der Waals surface area contributed by atoms with Crippen molar-refractivity contribution in [1.29, 1.82) is 0 Å². The summed E-state index contributed by atoms with van der Waals surface area (Å²) in [6.07, 6.45) is 0.256. The number of hydrogen-bond acceptors (Lipinski definition) is 2. The van der Waals surface area contributed by atoms with Crippen molar-refractivity contribution in [3.05, 3.63) is 29.3 Å². The highest BCUT2D eigenvalue weighted by Gasteiger charge is 2.00. The average molecular weight is 196 g/mol. The van der Waals surface area contributed by atoms with Gasteiger partial charge >= 0.3 is 0 Å². The second-order valence-electron chi connectivity index (χ2n) is 3.44. The highest BCUT2D eigenvalue weighted by molar-refractivity contribution is 5.35. The lowest BCUT2D eigenvalue weighted by molar-refractivity contribution is 0.241. The highest BCUT2D eigenvalue weighted by Crippen LogP contribution is 2.19. The van der Waals surface area contributed by atoms with E-state index in [0.717, 1.165) is 12.9 Å². The molecule has 1 N–H and O–H groups in total. The lowest BCUT2D eigenvalue weighted by atomic mass is 10.1. The summed E-state index contributed by atoms with van der Waals surface area (Å²) in [7, 11) is 1.00. The Hall–Kier alpha value is -1.02. The molecular formula is C12H20O2. The predicted octanol–water partition coefficient (Wildman–Crippen LogP) is 2.70. The maximum absolute atomic E-state index is 7.00. The third-order valence-corrected chi connectivity index (χ3v) is 1.69. The first-order valence-electron chi connectivity index (χ1n) is 4.78. The van der Waals surface area contributed by atoms with Crippen LogP contribution in [0.3, 0.4) is 0 Å². The van der Waals surface area contributed by atoms with Crippen molar-refractivity contribution in [2.45, 2.75) is 33.8 Å². The minimum Gasteiger partial charge on any atom is -0.491 e. The van der Waals surface area contributed by atoms with Crippen molar-refractivity contribution in [2.24, 2.45) is 0 Å². The van der Waals surface area contributed by atoms with Gasteiger partial charge in [-0.05, 0) is 39.3 Å². The van der Waals surface area contributed by atoms with Crippen LogP contribution in [0.25, 0.3) is 0 Å². The lowest BCUT2D eigenvalue weighted by Crippen LogP contribution is -2.06. The zero-order chi connectivity index (χ0) is 11.1. The SMILES string of the molecule is CO.Cc1ccc(OC(C)C)c(C)c1. The van der Waals surface area contributed by atoms with E-state index in [1.165, 1.54) is 11.1 Å². The minimum absolute atomic E-state index is 0.256. The van der Waals surface area contributed by atoms with E-state index in [9.17, 15) is 0 Å². The number of ether oxygens (including phenoxy) is 1.